The fourth-order valence-electron chi connectivity index (χ4n) is 3.13. The third-order valence-corrected chi connectivity index (χ3v) is 4.41. The van der Waals surface area contributed by atoms with E-state index in [1.165, 1.54) is 5.56 Å². The van der Waals surface area contributed by atoms with Crippen LogP contribution in [-0.2, 0) is 24.2 Å². The Morgan fingerprint density at radius 2 is 2.22 bits per heavy atom. The molecule has 0 spiro atoms. The summed E-state index contributed by atoms with van der Waals surface area (Å²) in [7, 11) is 0. The lowest BCUT2D eigenvalue weighted by atomic mass is 10.1. The van der Waals surface area contributed by atoms with Crippen molar-refractivity contribution in [1.29, 1.82) is 0 Å². The Balaban J connectivity index is 1.30. The van der Waals surface area contributed by atoms with Gasteiger partial charge in [0.1, 0.15) is 6.26 Å². The first kappa shape index (κ1) is 14.6. The first-order valence-electron chi connectivity index (χ1n) is 8.18. The number of nitrogens with zero attached hydrogens (tertiary/aromatic N) is 4. The van der Waals surface area contributed by atoms with E-state index in [4.69, 9.17) is 9.26 Å². The van der Waals surface area contributed by atoms with Gasteiger partial charge in [0.15, 0.2) is 0 Å². The van der Waals surface area contributed by atoms with Crippen molar-refractivity contribution in [3.63, 3.8) is 0 Å². The van der Waals surface area contributed by atoms with E-state index in [0.717, 1.165) is 63.3 Å². The first-order chi connectivity index (χ1) is 11.4. The molecule has 1 atom stereocenters. The molecule has 1 saturated heterocycles. The van der Waals surface area contributed by atoms with E-state index in [2.05, 4.69) is 25.3 Å². The molecule has 2 aliphatic heterocycles. The van der Waals surface area contributed by atoms with Gasteiger partial charge in [0, 0.05) is 62.7 Å². The lowest BCUT2D eigenvalue weighted by molar-refractivity contribution is 0.120. The molecule has 0 amide bonds. The highest BCUT2D eigenvalue weighted by molar-refractivity contribution is 5.25. The molecule has 2 aliphatic rings. The molecule has 1 fully saturated rings. The van der Waals surface area contributed by atoms with Crippen molar-refractivity contribution < 1.29 is 9.26 Å². The van der Waals surface area contributed by atoms with Crippen molar-refractivity contribution in [2.24, 2.45) is 0 Å². The minimum absolute atomic E-state index is 0.296. The van der Waals surface area contributed by atoms with E-state index in [-0.39, 0.29) is 0 Å². The minimum atomic E-state index is 0.296. The van der Waals surface area contributed by atoms with Gasteiger partial charge >= 0.3 is 0 Å². The summed E-state index contributed by atoms with van der Waals surface area (Å²) in [6, 6.07) is 0. The monoisotopic (exact) mass is 315 g/mol. The molecule has 2 aromatic heterocycles. The number of aromatic nitrogens is 3. The molecule has 2 aromatic rings. The molecule has 4 heterocycles. The fraction of sp³-hybridized carbons (Fsp3) is 0.562. The molecule has 23 heavy (non-hydrogen) atoms. The third kappa shape index (κ3) is 3.51. The first-order valence-corrected chi connectivity index (χ1v) is 8.18. The topological polar surface area (TPSA) is 76.3 Å². The van der Waals surface area contributed by atoms with Gasteiger partial charge < -0.3 is 14.6 Å². The number of hydrogen-bond acceptors (Lipinski definition) is 7. The highest BCUT2D eigenvalue weighted by Gasteiger charge is 2.19. The van der Waals surface area contributed by atoms with Crippen molar-refractivity contribution in [2.75, 3.05) is 25.0 Å². The maximum absolute atomic E-state index is 5.58. The summed E-state index contributed by atoms with van der Waals surface area (Å²) in [5.41, 5.74) is 3.39. The second kappa shape index (κ2) is 6.64. The van der Waals surface area contributed by atoms with Crippen LogP contribution in [0.2, 0.25) is 0 Å². The maximum atomic E-state index is 5.58. The zero-order chi connectivity index (χ0) is 15.5. The van der Waals surface area contributed by atoms with Crippen LogP contribution < -0.4 is 5.32 Å². The average Bonchev–Trinajstić information content (AvgIpc) is 3.25. The fourth-order valence-corrected chi connectivity index (χ4v) is 3.13. The Hall–Kier alpha value is -1.99. The smallest absolute Gasteiger partial charge is 0.222 e. The standard InChI is InChI=1S/C16H21N5O2/c1-2-14(22-5-1)8-19-16-17-6-12(7-18-16)9-21-4-3-15-13(10-21)11-23-20-15/h6-7,11,14H,1-5,8-10H2,(H,17,18,19)/t14-/m1/s1. The van der Waals surface area contributed by atoms with Gasteiger partial charge in [-0.15, -0.1) is 0 Å². The van der Waals surface area contributed by atoms with Crippen LogP contribution in [0, 0.1) is 0 Å². The Morgan fingerprint density at radius 3 is 3.04 bits per heavy atom. The number of fused-ring (bicyclic) bond motifs is 1. The van der Waals surface area contributed by atoms with E-state index in [9.17, 15) is 0 Å². The molecule has 122 valence electrons. The molecule has 0 bridgehead atoms. The molecule has 7 nitrogen and oxygen atoms in total. The SMILES string of the molecule is c1nc(NC[C@H]2CCCO2)ncc1CN1CCc2nocc2C1. The molecular formula is C16H21N5O2. The zero-order valence-corrected chi connectivity index (χ0v) is 13.1. The molecule has 0 unspecified atom stereocenters. The molecule has 0 aromatic carbocycles. The number of ether oxygens (including phenoxy) is 1. The van der Waals surface area contributed by atoms with Crippen LogP contribution in [0.1, 0.15) is 29.7 Å². The lowest BCUT2D eigenvalue weighted by Crippen LogP contribution is -2.29. The Morgan fingerprint density at radius 1 is 1.30 bits per heavy atom. The molecule has 0 aliphatic carbocycles. The molecule has 0 saturated carbocycles. The van der Waals surface area contributed by atoms with Gasteiger partial charge in [0.2, 0.25) is 5.95 Å². The van der Waals surface area contributed by atoms with Gasteiger partial charge in [-0.3, -0.25) is 4.90 Å². The highest BCUT2D eigenvalue weighted by Crippen LogP contribution is 2.19. The van der Waals surface area contributed by atoms with Gasteiger partial charge in [-0.05, 0) is 12.8 Å². The number of nitrogens with one attached hydrogen (secondary N) is 1. The van der Waals surface area contributed by atoms with E-state index < -0.39 is 0 Å². The van der Waals surface area contributed by atoms with Crippen molar-refractivity contribution in [3.05, 3.63) is 35.5 Å². The summed E-state index contributed by atoms with van der Waals surface area (Å²) >= 11 is 0. The third-order valence-electron chi connectivity index (χ3n) is 4.41. The summed E-state index contributed by atoms with van der Waals surface area (Å²) in [6.45, 7) is 4.35. The summed E-state index contributed by atoms with van der Waals surface area (Å²) in [5, 5.41) is 7.26. The summed E-state index contributed by atoms with van der Waals surface area (Å²) in [6.07, 6.45) is 9.04. The average molecular weight is 315 g/mol. The Kier molecular flexibility index (Phi) is 4.21. The van der Waals surface area contributed by atoms with Crippen LogP contribution in [0.4, 0.5) is 5.95 Å². The molecule has 4 rings (SSSR count). The van der Waals surface area contributed by atoms with Crippen molar-refractivity contribution in [2.45, 2.75) is 38.5 Å². The summed E-state index contributed by atoms with van der Waals surface area (Å²) in [5.74, 6) is 0.671. The van der Waals surface area contributed by atoms with E-state index in [0.29, 0.717) is 12.1 Å². The van der Waals surface area contributed by atoms with Gasteiger partial charge in [0.25, 0.3) is 0 Å². The van der Waals surface area contributed by atoms with Gasteiger partial charge in [-0.1, -0.05) is 5.16 Å². The van der Waals surface area contributed by atoms with Crippen LogP contribution in [0.3, 0.4) is 0 Å². The van der Waals surface area contributed by atoms with Crippen LogP contribution in [0.15, 0.2) is 23.2 Å². The van der Waals surface area contributed by atoms with Crippen LogP contribution in [-0.4, -0.2) is 45.8 Å². The van der Waals surface area contributed by atoms with Crippen LogP contribution >= 0.6 is 0 Å². The maximum Gasteiger partial charge on any atom is 0.222 e. The molecule has 7 heteroatoms. The number of hydrogen-bond donors (Lipinski definition) is 1. The second-order valence-corrected chi connectivity index (χ2v) is 6.18. The second-order valence-electron chi connectivity index (χ2n) is 6.18. The van der Waals surface area contributed by atoms with Gasteiger partial charge in [-0.2, -0.15) is 0 Å². The zero-order valence-electron chi connectivity index (χ0n) is 13.1. The van der Waals surface area contributed by atoms with Crippen LogP contribution in [0.25, 0.3) is 0 Å². The molecular weight excluding hydrogens is 294 g/mol. The predicted molar refractivity (Wildman–Crippen MR) is 83.8 cm³/mol. The van der Waals surface area contributed by atoms with Crippen molar-refractivity contribution >= 4 is 5.95 Å². The van der Waals surface area contributed by atoms with E-state index >= 15 is 0 Å². The van der Waals surface area contributed by atoms with Gasteiger partial charge in [-0.25, -0.2) is 9.97 Å². The summed E-state index contributed by atoms with van der Waals surface area (Å²) < 4.78 is 10.6. The Labute approximate surface area is 135 Å². The number of anilines is 1. The normalized spacial score (nSPS) is 21.3. The largest absolute Gasteiger partial charge is 0.376 e. The Bertz CT molecular complexity index is 636. The summed E-state index contributed by atoms with van der Waals surface area (Å²) in [4.78, 5) is 11.2. The highest BCUT2D eigenvalue weighted by atomic mass is 16.5. The van der Waals surface area contributed by atoms with E-state index in [1.54, 1.807) is 6.26 Å². The van der Waals surface area contributed by atoms with Crippen molar-refractivity contribution in [3.8, 4) is 0 Å². The van der Waals surface area contributed by atoms with E-state index in [1.807, 2.05) is 12.4 Å². The number of rotatable bonds is 5. The predicted octanol–water partition coefficient (Wildman–Crippen LogP) is 1.61. The van der Waals surface area contributed by atoms with Crippen LogP contribution in [0.5, 0.6) is 0 Å². The molecule has 0 radical (unpaired) electrons. The minimum Gasteiger partial charge on any atom is -0.376 e. The molecule has 1 N–H and O–H groups in total. The van der Waals surface area contributed by atoms with Crippen molar-refractivity contribution in [1.82, 2.24) is 20.0 Å². The quantitative estimate of drug-likeness (QED) is 0.898. The lowest BCUT2D eigenvalue weighted by Gasteiger charge is -2.25. The van der Waals surface area contributed by atoms with Gasteiger partial charge in [0.05, 0.1) is 11.8 Å².